The van der Waals surface area contributed by atoms with Gasteiger partial charge in [-0.15, -0.1) is 0 Å². The van der Waals surface area contributed by atoms with E-state index in [2.05, 4.69) is 21.0 Å². The van der Waals surface area contributed by atoms with Crippen LogP contribution in [0.25, 0.3) is 0 Å². The summed E-state index contributed by atoms with van der Waals surface area (Å²) < 4.78 is 1.82. The van der Waals surface area contributed by atoms with E-state index in [-0.39, 0.29) is 24.7 Å². The summed E-state index contributed by atoms with van der Waals surface area (Å²) in [6, 6.07) is 8.55. The van der Waals surface area contributed by atoms with Crippen molar-refractivity contribution in [2.75, 3.05) is 0 Å². The molecule has 1 saturated heterocycles. The number of aromatic nitrogens is 2. The lowest BCUT2D eigenvalue weighted by Gasteiger charge is -2.12. The number of urea groups is 1. The summed E-state index contributed by atoms with van der Waals surface area (Å²) in [5, 5.41) is 11.7. The number of imide groups is 1. The van der Waals surface area contributed by atoms with E-state index in [1.165, 1.54) is 0 Å². The van der Waals surface area contributed by atoms with E-state index in [1.807, 2.05) is 41.2 Å². The van der Waals surface area contributed by atoms with Crippen molar-refractivity contribution < 1.29 is 14.4 Å². The molecule has 1 fully saturated rings. The Labute approximate surface area is 144 Å². The summed E-state index contributed by atoms with van der Waals surface area (Å²) in [4.78, 5) is 34.5. The maximum Gasteiger partial charge on any atom is 0.322 e. The zero-order valence-corrected chi connectivity index (χ0v) is 13.6. The van der Waals surface area contributed by atoms with Crippen LogP contribution < -0.4 is 16.0 Å². The molecule has 1 aromatic heterocycles. The second-order valence-corrected chi connectivity index (χ2v) is 5.80. The molecule has 130 valence electrons. The third-order valence-electron chi connectivity index (χ3n) is 4.00. The van der Waals surface area contributed by atoms with E-state index < -0.39 is 12.1 Å². The summed E-state index contributed by atoms with van der Waals surface area (Å²) >= 11 is 0. The number of carbonyl (C=O) groups is 3. The zero-order chi connectivity index (χ0) is 17.6. The average Bonchev–Trinajstić information content (AvgIpc) is 3.21. The number of rotatable bonds is 7. The van der Waals surface area contributed by atoms with Crippen LogP contribution in [-0.2, 0) is 22.7 Å². The van der Waals surface area contributed by atoms with Crippen LogP contribution in [0.1, 0.15) is 24.0 Å². The molecule has 1 aliphatic rings. The van der Waals surface area contributed by atoms with Gasteiger partial charge >= 0.3 is 6.03 Å². The Balaban J connectivity index is 1.50. The maximum atomic E-state index is 12.0. The molecule has 4 amide bonds. The maximum absolute atomic E-state index is 12.0. The van der Waals surface area contributed by atoms with Gasteiger partial charge in [-0.05, 0) is 23.6 Å². The summed E-state index contributed by atoms with van der Waals surface area (Å²) in [5.41, 5.74) is 2.09. The molecular weight excluding hydrogens is 322 g/mol. The Morgan fingerprint density at radius 3 is 2.68 bits per heavy atom. The normalized spacial score (nSPS) is 16.4. The highest BCUT2D eigenvalue weighted by Crippen LogP contribution is 2.10. The molecule has 2 aromatic rings. The van der Waals surface area contributed by atoms with Gasteiger partial charge < -0.3 is 10.6 Å². The Hall–Kier alpha value is -3.16. The number of benzene rings is 1. The average molecular weight is 341 g/mol. The highest BCUT2D eigenvalue weighted by Gasteiger charge is 2.29. The molecule has 3 rings (SSSR count). The molecule has 0 saturated carbocycles. The Bertz CT molecular complexity index is 772. The van der Waals surface area contributed by atoms with Crippen molar-refractivity contribution >= 4 is 17.8 Å². The lowest BCUT2D eigenvalue weighted by atomic mass is 10.1. The minimum Gasteiger partial charge on any atom is -0.352 e. The van der Waals surface area contributed by atoms with Gasteiger partial charge in [0.25, 0.3) is 5.91 Å². The number of nitrogens with zero attached hydrogens (tertiary/aromatic N) is 2. The van der Waals surface area contributed by atoms with Crippen LogP contribution >= 0.6 is 0 Å². The van der Waals surface area contributed by atoms with Crippen molar-refractivity contribution in [3.63, 3.8) is 0 Å². The largest absolute Gasteiger partial charge is 0.352 e. The van der Waals surface area contributed by atoms with Gasteiger partial charge in [-0.2, -0.15) is 5.10 Å². The third-order valence-corrected chi connectivity index (χ3v) is 4.00. The van der Waals surface area contributed by atoms with Crippen molar-refractivity contribution in [1.29, 1.82) is 0 Å². The standard InChI is InChI=1S/C17H19N5O3/c23-15(7-6-14-16(24)21-17(25)20-14)18-10-12-4-1-2-5-13(12)11-22-9-3-8-19-22/h1-5,8-9,14H,6-7,10-11H2,(H,18,23)(H2,20,21,24,25). The van der Waals surface area contributed by atoms with Gasteiger partial charge in [-0.1, -0.05) is 24.3 Å². The van der Waals surface area contributed by atoms with Crippen molar-refractivity contribution in [3.05, 3.63) is 53.9 Å². The van der Waals surface area contributed by atoms with Gasteiger partial charge in [0, 0.05) is 25.4 Å². The van der Waals surface area contributed by atoms with Crippen LogP contribution in [0.15, 0.2) is 42.7 Å². The van der Waals surface area contributed by atoms with E-state index in [1.54, 1.807) is 6.20 Å². The molecule has 0 bridgehead atoms. The molecule has 1 aromatic carbocycles. The topological polar surface area (TPSA) is 105 Å². The van der Waals surface area contributed by atoms with Gasteiger partial charge in [0.2, 0.25) is 5.91 Å². The van der Waals surface area contributed by atoms with Gasteiger partial charge in [-0.3, -0.25) is 19.6 Å². The number of hydrogen-bond donors (Lipinski definition) is 3. The highest BCUT2D eigenvalue weighted by molar-refractivity contribution is 6.04. The number of carbonyl (C=O) groups excluding carboxylic acids is 3. The van der Waals surface area contributed by atoms with Crippen molar-refractivity contribution in [1.82, 2.24) is 25.7 Å². The monoisotopic (exact) mass is 341 g/mol. The molecule has 8 nitrogen and oxygen atoms in total. The first-order chi connectivity index (χ1) is 12.1. The van der Waals surface area contributed by atoms with Crippen molar-refractivity contribution in [3.8, 4) is 0 Å². The van der Waals surface area contributed by atoms with E-state index in [0.29, 0.717) is 13.1 Å². The number of nitrogens with one attached hydrogen (secondary N) is 3. The molecule has 0 aliphatic carbocycles. The second kappa shape index (κ2) is 7.61. The fourth-order valence-corrected chi connectivity index (χ4v) is 2.67. The van der Waals surface area contributed by atoms with Crippen LogP contribution in [0.5, 0.6) is 0 Å². The summed E-state index contributed by atoms with van der Waals surface area (Å²) in [7, 11) is 0. The zero-order valence-electron chi connectivity index (χ0n) is 13.6. The van der Waals surface area contributed by atoms with Crippen molar-refractivity contribution in [2.45, 2.75) is 32.0 Å². The van der Waals surface area contributed by atoms with Crippen LogP contribution in [0.2, 0.25) is 0 Å². The van der Waals surface area contributed by atoms with Crippen LogP contribution in [-0.4, -0.2) is 33.7 Å². The SMILES string of the molecule is O=C(CCC1NC(=O)NC1=O)NCc1ccccc1Cn1cccn1. The highest BCUT2D eigenvalue weighted by atomic mass is 16.2. The quantitative estimate of drug-likeness (QED) is 0.639. The Morgan fingerprint density at radius 2 is 2.00 bits per heavy atom. The van der Waals surface area contributed by atoms with Crippen LogP contribution in [0, 0.1) is 0 Å². The van der Waals surface area contributed by atoms with Gasteiger partial charge in [0.15, 0.2) is 0 Å². The fraction of sp³-hybridized carbons (Fsp3) is 0.294. The first-order valence-corrected chi connectivity index (χ1v) is 8.04. The molecule has 8 heteroatoms. The van der Waals surface area contributed by atoms with E-state index in [9.17, 15) is 14.4 Å². The minimum atomic E-state index is -0.634. The smallest absolute Gasteiger partial charge is 0.322 e. The fourth-order valence-electron chi connectivity index (χ4n) is 2.67. The van der Waals surface area contributed by atoms with E-state index in [4.69, 9.17) is 0 Å². The first-order valence-electron chi connectivity index (χ1n) is 8.04. The van der Waals surface area contributed by atoms with Gasteiger partial charge in [-0.25, -0.2) is 4.79 Å². The van der Waals surface area contributed by atoms with E-state index >= 15 is 0 Å². The van der Waals surface area contributed by atoms with Gasteiger partial charge in [0.05, 0.1) is 6.54 Å². The number of amides is 4. The van der Waals surface area contributed by atoms with Crippen LogP contribution in [0.3, 0.4) is 0 Å². The molecule has 2 heterocycles. The molecule has 3 N–H and O–H groups in total. The van der Waals surface area contributed by atoms with Gasteiger partial charge in [0.1, 0.15) is 6.04 Å². The summed E-state index contributed by atoms with van der Waals surface area (Å²) in [6.45, 7) is 1.03. The Kier molecular flexibility index (Phi) is 5.08. The number of hydrogen-bond acceptors (Lipinski definition) is 4. The van der Waals surface area contributed by atoms with Crippen LogP contribution in [0.4, 0.5) is 4.79 Å². The molecule has 25 heavy (non-hydrogen) atoms. The molecule has 1 unspecified atom stereocenters. The molecule has 1 aliphatic heterocycles. The molecule has 0 spiro atoms. The van der Waals surface area contributed by atoms with E-state index in [0.717, 1.165) is 11.1 Å². The lowest BCUT2D eigenvalue weighted by molar-refractivity contribution is -0.122. The molecular formula is C17H19N5O3. The second-order valence-electron chi connectivity index (χ2n) is 5.80. The molecule has 0 radical (unpaired) electrons. The first kappa shape index (κ1) is 16.7. The third kappa shape index (κ3) is 4.43. The summed E-state index contributed by atoms with van der Waals surface area (Å²) in [6.07, 6.45) is 4.05. The lowest BCUT2D eigenvalue weighted by Crippen LogP contribution is -2.31. The summed E-state index contributed by atoms with van der Waals surface area (Å²) in [5.74, 6) is -0.551. The van der Waals surface area contributed by atoms with Crippen molar-refractivity contribution in [2.24, 2.45) is 0 Å². The predicted molar refractivity (Wildman–Crippen MR) is 89.3 cm³/mol. The molecule has 1 atom stereocenters. The predicted octanol–water partition coefficient (Wildman–Crippen LogP) is 0.536. The Morgan fingerprint density at radius 1 is 1.20 bits per heavy atom. The minimum absolute atomic E-state index is 0.164.